The fourth-order valence-corrected chi connectivity index (χ4v) is 3.19. The molecule has 0 aliphatic heterocycles. The minimum Gasteiger partial charge on any atom is -0.296 e. The number of fused-ring (bicyclic) bond motifs is 1. The summed E-state index contributed by atoms with van der Waals surface area (Å²) in [5, 5.41) is 15.7. The van der Waals surface area contributed by atoms with Crippen molar-refractivity contribution < 1.29 is 9.18 Å². The van der Waals surface area contributed by atoms with Crippen molar-refractivity contribution in [3.63, 3.8) is 0 Å². The van der Waals surface area contributed by atoms with E-state index in [1.807, 2.05) is 31.2 Å². The Morgan fingerprint density at radius 2 is 2.00 bits per heavy atom. The Labute approximate surface area is 146 Å². The summed E-state index contributed by atoms with van der Waals surface area (Å²) >= 11 is 1.20. The largest absolute Gasteiger partial charge is 0.296 e. The predicted octanol–water partition coefficient (Wildman–Crippen LogP) is 3.55. The number of rotatable bonds is 3. The average molecular weight is 353 g/mol. The number of carbonyl (C=O) groups excluding carboxylic acids is 1. The van der Waals surface area contributed by atoms with Gasteiger partial charge in [-0.15, -0.1) is 15.3 Å². The first kappa shape index (κ1) is 15.4. The Bertz CT molecular complexity index is 1090. The van der Waals surface area contributed by atoms with Gasteiger partial charge in [0.05, 0.1) is 0 Å². The highest BCUT2D eigenvalue weighted by Crippen LogP contribution is 2.26. The van der Waals surface area contributed by atoms with E-state index in [1.165, 1.54) is 35.6 Å². The Balaban J connectivity index is 1.67. The van der Waals surface area contributed by atoms with Gasteiger partial charge in [0, 0.05) is 11.1 Å². The maximum atomic E-state index is 13.2. The van der Waals surface area contributed by atoms with Gasteiger partial charge in [0.25, 0.3) is 5.91 Å². The molecule has 0 aliphatic rings. The molecular formula is C17H12FN5OS. The predicted molar refractivity (Wildman–Crippen MR) is 93.2 cm³/mol. The third-order valence-corrected chi connectivity index (χ3v) is 4.50. The first-order valence-corrected chi connectivity index (χ1v) is 8.28. The number of benzene rings is 2. The van der Waals surface area contributed by atoms with Crippen LogP contribution in [0.5, 0.6) is 0 Å². The van der Waals surface area contributed by atoms with Crippen molar-refractivity contribution in [3.8, 4) is 11.4 Å². The number of anilines is 1. The number of amides is 1. The average Bonchev–Trinajstić information content (AvgIpc) is 3.15. The van der Waals surface area contributed by atoms with E-state index in [4.69, 9.17) is 0 Å². The molecule has 0 saturated heterocycles. The summed E-state index contributed by atoms with van der Waals surface area (Å²) in [6.45, 7) is 1.98. The zero-order valence-electron chi connectivity index (χ0n) is 13.1. The third-order valence-electron chi connectivity index (χ3n) is 3.68. The highest BCUT2D eigenvalue weighted by atomic mass is 32.1. The van der Waals surface area contributed by atoms with Crippen molar-refractivity contribution in [2.75, 3.05) is 5.32 Å². The molecule has 0 radical (unpaired) electrons. The summed E-state index contributed by atoms with van der Waals surface area (Å²) in [6, 6.07) is 13.3. The van der Waals surface area contributed by atoms with Gasteiger partial charge in [-0.3, -0.25) is 10.1 Å². The van der Waals surface area contributed by atoms with Crippen molar-refractivity contribution in [3.05, 3.63) is 65.5 Å². The van der Waals surface area contributed by atoms with Crippen LogP contribution < -0.4 is 5.32 Å². The number of nitrogens with zero attached hydrogens (tertiary/aromatic N) is 4. The number of hydrogen-bond donors (Lipinski definition) is 1. The Morgan fingerprint density at radius 3 is 2.80 bits per heavy atom. The third kappa shape index (κ3) is 2.87. The van der Waals surface area contributed by atoms with Crippen molar-refractivity contribution in [1.29, 1.82) is 0 Å². The van der Waals surface area contributed by atoms with Crippen LogP contribution in [0, 0.1) is 12.7 Å². The van der Waals surface area contributed by atoms with Crippen LogP contribution in [-0.2, 0) is 0 Å². The lowest BCUT2D eigenvalue weighted by Crippen LogP contribution is -2.12. The molecule has 0 saturated carbocycles. The molecule has 0 aliphatic carbocycles. The number of nitrogens with one attached hydrogen (secondary N) is 1. The lowest BCUT2D eigenvalue weighted by atomic mass is 10.1. The summed E-state index contributed by atoms with van der Waals surface area (Å²) in [4.78, 5) is 12.8. The minimum atomic E-state index is -0.465. The van der Waals surface area contributed by atoms with E-state index >= 15 is 0 Å². The lowest BCUT2D eigenvalue weighted by Gasteiger charge is -2.02. The van der Waals surface area contributed by atoms with Gasteiger partial charge in [-0.05, 0) is 30.7 Å². The van der Waals surface area contributed by atoms with Crippen LogP contribution >= 0.6 is 11.3 Å². The Kier molecular flexibility index (Phi) is 3.73. The second-order valence-corrected chi connectivity index (χ2v) is 6.36. The van der Waals surface area contributed by atoms with Crippen LogP contribution in [0.15, 0.2) is 48.5 Å². The highest BCUT2D eigenvalue weighted by Gasteiger charge is 2.16. The van der Waals surface area contributed by atoms with Gasteiger partial charge in [-0.2, -0.15) is 4.52 Å². The van der Waals surface area contributed by atoms with Crippen LogP contribution in [0.1, 0.15) is 15.9 Å². The number of aromatic nitrogens is 4. The van der Waals surface area contributed by atoms with Crippen LogP contribution in [0.25, 0.3) is 16.3 Å². The second-order valence-electron chi connectivity index (χ2n) is 5.40. The normalized spacial score (nSPS) is 11.0. The fourth-order valence-electron chi connectivity index (χ4n) is 2.46. The zero-order chi connectivity index (χ0) is 17.4. The van der Waals surface area contributed by atoms with Crippen LogP contribution in [-0.4, -0.2) is 25.7 Å². The van der Waals surface area contributed by atoms with E-state index in [0.717, 1.165) is 11.1 Å². The molecule has 25 heavy (non-hydrogen) atoms. The van der Waals surface area contributed by atoms with Gasteiger partial charge in [-0.1, -0.05) is 41.7 Å². The standard InChI is InChI=1S/C17H12FN5OS/c1-10-5-2-3-8-13(10)14-20-21-17-23(14)22-16(25-17)19-15(24)11-6-4-7-12(18)9-11/h2-9H,1H3,(H,19,22,24). The molecule has 0 bridgehead atoms. The minimum absolute atomic E-state index is 0.227. The molecular weight excluding hydrogens is 341 g/mol. The van der Waals surface area contributed by atoms with Gasteiger partial charge < -0.3 is 0 Å². The molecule has 0 unspecified atom stereocenters. The molecule has 4 aromatic rings. The summed E-state index contributed by atoms with van der Waals surface area (Å²) in [5.41, 5.74) is 2.20. The topological polar surface area (TPSA) is 72.2 Å². The van der Waals surface area contributed by atoms with Gasteiger partial charge in [0.1, 0.15) is 5.82 Å². The van der Waals surface area contributed by atoms with Crippen molar-refractivity contribution in [1.82, 2.24) is 19.8 Å². The molecule has 2 aromatic carbocycles. The molecule has 1 amide bonds. The van der Waals surface area contributed by atoms with Crippen molar-refractivity contribution in [2.45, 2.75) is 6.92 Å². The van der Waals surface area contributed by atoms with Crippen LogP contribution in [0.4, 0.5) is 9.52 Å². The van der Waals surface area contributed by atoms with Gasteiger partial charge >= 0.3 is 0 Å². The summed E-state index contributed by atoms with van der Waals surface area (Å²) in [5.74, 6) is -0.287. The highest BCUT2D eigenvalue weighted by molar-refractivity contribution is 7.20. The molecule has 0 spiro atoms. The van der Waals surface area contributed by atoms with E-state index in [2.05, 4.69) is 20.6 Å². The van der Waals surface area contributed by atoms with E-state index in [1.54, 1.807) is 4.52 Å². The summed E-state index contributed by atoms with van der Waals surface area (Å²) < 4.78 is 14.8. The number of aryl methyl sites for hydroxylation is 1. The quantitative estimate of drug-likeness (QED) is 0.611. The Morgan fingerprint density at radius 1 is 1.16 bits per heavy atom. The second kappa shape index (κ2) is 6.06. The van der Waals surface area contributed by atoms with Crippen molar-refractivity contribution >= 4 is 27.3 Å². The first-order valence-electron chi connectivity index (χ1n) is 7.47. The lowest BCUT2D eigenvalue weighted by molar-refractivity contribution is 0.102. The molecule has 0 atom stereocenters. The first-order chi connectivity index (χ1) is 12.1. The van der Waals surface area contributed by atoms with E-state index in [-0.39, 0.29) is 5.56 Å². The molecule has 6 nitrogen and oxygen atoms in total. The van der Waals surface area contributed by atoms with E-state index in [0.29, 0.717) is 15.9 Å². The number of halogens is 1. The summed E-state index contributed by atoms with van der Waals surface area (Å²) in [6.07, 6.45) is 0. The van der Waals surface area contributed by atoms with Gasteiger partial charge in [0.15, 0.2) is 5.82 Å². The van der Waals surface area contributed by atoms with Crippen LogP contribution in [0.2, 0.25) is 0 Å². The molecule has 2 aromatic heterocycles. The number of hydrogen-bond acceptors (Lipinski definition) is 5. The van der Waals surface area contributed by atoms with Crippen molar-refractivity contribution in [2.24, 2.45) is 0 Å². The molecule has 124 valence electrons. The fraction of sp³-hybridized carbons (Fsp3) is 0.0588. The SMILES string of the molecule is Cc1ccccc1-c1nnc2sc(NC(=O)c3cccc(F)c3)nn12. The van der Waals surface area contributed by atoms with E-state index in [9.17, 15) is 9.18 Å². The maximum Gasteiger partial charge on any atom is 0.257 e. The Hall–Kier alpha value is -3.13. The maximum absolute atomic E-state index is 13.2. The molecule has 8 heteroatoms. The van der Waals surface area contributed by atoms with E-state index < -0.39 is 11.7 Å². The van der Waals surface area contributed by atoms with Gasteiger partial charge in [-0.25, -0.2) is 4.39 Å². The molecule has 0 fully saturated rings. The monoisotopic (exact) mass is 353 g/mol. The smallest absolute Gasteiger partial charge is 0.257 e. The zero-order valence-corrected chi connectivity index (χ0v) is 13.9. The molecule has 1 N–H and O–H groups in total. The van der Waals surface area contributed by atoms with Crippen LogP contribution in [0.3, 0.4) is 0 Å². The number of carbonyl (C=O) groups is 1. The van der Waals surface area contributed by atoms with Gasteiger partial charge in [0.2, 0.25) is 10.1 Å². The molecule has 2 heterocycles. The summed E-state index contributed by atoms with van der Waals surface area (Å²) in [7, 11) is 0. The molecule has 4 rings (SSSR count).